The summed E-state index contributed by atoms with van der Waals surface area (Å²) in [5, 5.41) is 11.3. The zero-order valence-corrected chi connectivity index (χ0v) is 21.3. The smallest absolute Gasteiger partial charge is 0.295 e. The molecule has 3 rings (SSSR count). The van der Waals surface area contributed by atoms with E-state index in [2.05, 4.69) is 0 Å². The summed E-state index contributed by atoms with van der Waals surface area (Å²) in [6.07, 6.45) is 1.79. The molecule has 1 heterocycles. The minimum atomic E-state index is -0.688. The van der Waals surface area contributed by atoms with E-state index >= 15 is 0 Å². The Morgan fingerprint density at radius 1 is 1.00 bits per heavy atom. The topological polar surface area (TPSA) is 79.3 Å². The van der Waals surface area contributed by atoms with Crippen molar-refractivity contribution in [3.8, 4) is 11.5 Å². The molecule has 0 radical (unpaired) electrons. The molecule has 7 heteroatoms. The number of nitrogens with zero attached hydrogens (tertiary/aromatic N) is 2. The van der Waals surface area contributed by atoms with Gasteiger partial charge in [0.15, 0.2) is 0 Å². The number of aliphatic hydroxyl groups excluding tert-OH is 1. The maximum absolute atomic E-state index is 13.2. The molecule has 0 spiro atoms. The maximum atomic E-state index is 13.2. The predicted molar refractivity (Wildman–Crippen MR) is 137 cm³/mol. The summed E-state index contributed by atoms with van der Waals surface area (Å²) < 4.78 is 11.4. The Bertz CT molecular complexity index is 1080. The molecule has 1 fully saturated rings. The Kier molecular flexibility index (Phi) is 8.93. The third kappa shape index (κ3) is 6.03. The van der Waals surface area contributed by atoms with Crippen LogP contribution in [-0.2, 0) is 9.59 Å². The van der Waals surface area contributed by atoms with Gasteiger partial charge in [0, 0.05) is 18.7 Å². The number of carbonyl (C=O) groups is 2. The molecule has 1 aliphatic heterocycles. The number of carbonyl (C=O) groups excluding carboxylic acids is 2. The van der Waals surface area contributed by atoms with Gasteiger partial charge in [-0.25, -0.2) is 0 Å². The normalized spacial score (nSPS) is 17.3. The quantitative estimate of drug-likeness (QED) is 0.289. The number of benzene rings is 2. The number of likely N-dealkylation sites (tertiary alicyclic amines) is 1. The van der Waals surface area contributed by atoms with Gasteiger partial charge in [0.25, 0.3) is 11.7 Å². The highest BCUT2D eigenvalue weighted by Gasteiger charge is 2.45. The molecule has 0 aliphatic carbocycles. The third-order valence-corrected chi connectivity index (χ3v) is 5.91. The van der Waals surface area contributed by atoms with Crippen LogP contribution in [0.5, 0.6) is 11.5 Å². The van der Waals surface area contributed by atoms with E-state index in [0.717, 1.165) is 35.5 Å². The molecule has 7 nitrogen and oxygen atoms in total. The molecule has 1 saturated heterocycles. The Labute approximate surface area is 207 Å². The van der Waals surface area contributed by atoms with Crippen LogP contribution in [-0.4, -0.2) is 67.0 Å². The van der Waals surface area contributed by atoms with Gasteiger partial charge in [-0.1, -0.05) is 26.0 Å². The van der Waals surface area contributed by atoms with Gasteiger partial charge in [-0.3, -0.25) is 9.59 Å². The monoisotopic (exact) mass is 480 g/mol. The number of hydrogen-bond donors (Lipinski definition) is 1. The van der Waals surface area contributed by atoms with Gasteiger partial charge in [-0.2, -0.15) is 0 Å². The zero-order chi connectivity index (χ0) is 25.5. The van der Waals surface area contributed by atoms with Crippen LogP contribution in [0.15, 0.2) is 48.0 Å². The SMILES string of the molecule is CCCOc1ccc(C2/C(=C(/O)c3ccc(OCCC)c(C)c3)C(=O)C(=O)N2CCN(C)C)cc1. The molecule has 2 aromatic carbocycles. The largest absolute Gasteiger partial charge is 0.507 e. The van der Waals surface area contributed by atoms with Gasteiger partial charge < -0.3 is 24.4 Å². The van der Waals surface area contributed by atoms with Crippen LogP contribution in [0.1, 0.15) is 49.4 Å². The first-order valence-electron chi connectivity index (χ1n) is 12.2. The molecular formula is C28H36N2O5. The summed E-state index contributed by atoms with van der Waals surface area (Å²) in [4.78, 5) is 29.7. The van der Waals surface area contributed by atoms with E-state index in [4.69, 9.17) is 9.47 Å². The lowest BCUT2D eigenvalue weighted by Crippen LogP contribution is -2.35. The number of Topliss-reactive ketones (excluding diaryl/α,β-unsaturated/α-hetero) is 1. The lowest BCUT2D eigenvalue weighted by Gasteiger charge is -2.26. The molecule has 188 valence electrons. The Morgan fingerprint density at radius 2 is 1.66 bits per heavy atom. The zero-order valence-electron chi connectivity index (χ0n) is 21.3. The number of ether oxygens (including phenoxy) is 2. The number of likely N-dealkylation sites (N-methyl/N-ethyl adjacent to an activating group) is 1. The van der Waals surface area contributed by atoms with Crippen LogP contribution in [0.2, 0.25) is 0 Å². The average Bonchev–Trinajstić information content (AvgIpc) is 3.10. The fourth-order valence-corrected chi connectivity index (χ4v) is 4.06. The van der Waals surface area contributed by atoms with Crippen molar-refractivity contribution in [2.75, 3.05) is 40.4 Å². The summed E-state index contributed by atoms with van der Waals surface area (Å²) in [5.41, 5.74) is 2.16. The van der Waals surface area contributed by atoms with Crippen molar-refractivity contribution in [2.45, 2.75) is 39.7 Å². The number of amides is 1. The highest BCUT2D eigenvalue weighted by atomic mass is 16.5. The second kappa shape index (κ2) is 11.9. The summed E-state index contributed by atoms with van der Waals surface area (Å²) in [6, 6.07) is 12.0. The van der Waals surface area contributed by atoms with Crippen LogP contribution in [0, 0.1) is 6.92 Å². The fourth-order valence-electron chi connectivity index (χ4n) is 4.06. The van der Waals surface area contributed by atoms with E-state index in [9.17, 15) is 14.7 Å². The molecular weight excluding hydrogens is 444 g/mol. The van der Waals surface area contributed by atoms with Crippen molar-refractivity contribution < 1.29 is 24.2 Å². The van der Waals surface area contributed by atoms with Crippen LogP contribution in [0.4, 0.5) is 0 Å². The van der Waals surface area contributed by atoms with Gasteiger partial charge in [-0.15, -0.1) is 0 Å². The summed E-state index contributed by atoms with van der Waals surface area (Å²) >= 11 is 0. The van der Waals surface area contributed by atoms with Crippen LogP contribution in [0.25, 0.3) is 5.76 Å². The van der Waals surface area contributed by atoms with Gasteiger partial charge in [0.2, 0.25) is 0 Å². The molecule has 1 unspecified atom stereocenters. The van der Waals surface area contributed by atoms with E-state index in [1.54, 1.807) is 23.1 Å². The van der Waals surface area contributed by atoms with Crippen molar-refractivity contribution >= 4 is 17.4 Å². The molecule has 2 aromatic rings. The second-order valence-electron chi connectivity index (χ2n) is 9.04. The summed E-state index contributed by atoms with van der Waals surface area (Å²) in [7, 11) is 3.83. The van der Waals surface area contributed by atoms with Gasteiger partial charge in [0.1, 0.15) is 17.3 Å². The molecule has 0 saturated carbocycles. The van der Waals surface area contributed by atoms with Crippen LogP contribution in [0.3, 0.4) is 0 Å². The molecule has 1 aliphatic rings. The standard InChI is InChI=1S/C28H36N2O5/c1-6-16-34-22-11-8-20(9-12-22)25-24(27(32)28(33)30(25)15-14-29(4)5)26(31)21-10-13-23(19(3)18-21)35-17-7-2/h8-13,18,25,31H,6-7,14-17H2,1-5H3/b26-24-. The number of aliphatic hydroxyl groups is 1. The van der Waals surface area contributed by atoms with E-state index in [1.165, 1.54) is 0 Å². The van der Waals surface area contributed by atoms with E-state index in [-0.39, 0.29) is 11.3 Å². The fraction of sp³-hybridized carbons (Fsp3) is 0.429. The Balaban J connectivity index is 2.05. The first kappa shape index (κ1) is 26.3. The minimum absolute atomic E-state index is 0.0950. The summed E-state index contributed by atoms with van der Waals surface area (Å²) in [6.45, 7) is 8.12. The summed E-state index contributed by atoms with van der Waals surface area (Å²) in [5.74, 6) is -0.0174. The Hall–Kier alpha value is -3.32. The van der Waals surface area contributed by atoms with Crippen LogP contribution < -0.4 is 9.47 Å². The molecule has 35 heavy (non-hydrogen) atoms. The van der Waals surface area contributed by atoms with E-state index < -0.39 is 17.7 Å². The van der Waals surface area contributed by atoms with Crippen LogP contribution >= 0.6 is 0 Å². The van der Waals surface area contributed by atoms with Gasteiger partial charge >= 0.3 is 0 Å². The highest BCUT2D eigenvalue weighted by Crippen LogP contribution is 2.40. The van der Waals surface area contributed by atoms with Gasteiger partial charge in [0.05, 0.1) is 24.8 Å². The first-order chi connectivity index (χ1) is 16.8. The second-order valence-corrected chi connectivity index (χ2v) is 9.04. The lowest BCUT2D eigenvalue weighted by atomic mass is 9.94. The van der Waals surface area contributed by atoms with Gasteiger partial charge in [-0.05, 0) is 75.3 Å². The first-order valence-corrected chi connectivity index (χ1v) is 12.2. The minimum Gasteiger partial charge on any atom is -0.507 e. The molecule has 1 atom stereocenters. The van der Waals surface area contributed by atoms with Crippen molar-refractivity contribution in [1.82, 2.24) is 9.80 Å². The number of rotatable bonds is 11. The number of hydrogen-bond acceptors (Lipinski definition) is 6. The average molecular weight is 481 g/mol. The third-order valence-electron chi connectivity index (χ3n) is 5.91. The number of aryl methyl sites for hydroxylation is 1. The maximum Gasteiger partial charge on any atom is 0.295 e. The lowest BCUT2D eigenvalue weighted by molar-refractivity contribution is -0.140. The van der Waals surface area contributed by atoms with Crippen molar-refractivity contribution in [3.63, 3.8) is 0 Å². The Morgan fingerprint density at radius 3 is 2.26 bits per heavy atom. The van der Waals surface area contributed by atoms with E-state index in [1.807, 2.05) is 64.0 Å². The highest BCUT2D eigenvalue weighted by molar-refractivity contribution is 6.46. The van der Waals surface area contributed by atoms with Crippen molar-refractivity contribution in [3.05, 3.63) is 64.7 Å². The molecule has 0 bridgehead atoms. The predicted octanol–water partition coefficient (Wildman–Crippen LogP) is 4.56. The van der Waals surface area contributed by atoms with Crippen molar-refractivity contribution in [2.24, 2.45) is 0 Å². The molecule has 1 N–H and O–H groups in total. The van der Waals surface area contributed by atoms with Crippen molar-refractivity contribution in [1.29, 1.82) is 0 Å². The van der Waals surface area contributed by atoms with E-state index in [0.29, 0.717) is 31.9 Å². The number of ketones is 1. The molecule has 1 amide bonds. The molecule has 0 aromatic heterocycles.